The van der Waals surface area contributed by atoms with Gasteiger partial charge in [0.2, 0.25) is 10.0 Å². The maximum absolute atomic E-state index is 12.0. The minimum absolute atomic E-state index is 0.113. The Kier molecular flexibility index (Phi) is 4.24. The summed E-state index contributed by atoms with van der Waals surface area (Å²) in [5, 5.41) is 4.05. The molecule has 2 heterocycles. The topological polar surface area (TPSA) is 85.5 Å². The molecule has 134 valence electrons. The number of hydrogen-bond donors (Lipinski definition) is 0. The summed E-state index contributed by atoms with van der Waals surface area (Å²) in [6.07, 6.45) is 2.72. The Morgan fingerprint density at radius 2 is 2.08 bits per heavy atom. The van der Waals surface area contributed by atoms with E-state index in [4.69, 9.17) is 9.26 Å². The molecule has 0 bridgehead atoms. The van der Waals surface area contributed by atoms with Gasteiger partial charge in [-0.25, -0.2) is 8.42 Å². The highest BCUT2D eigenvalue weighted by Gasteiger charge is 2.32. The van der Waals surface area contributed by atoms with Crippen LogP contribution in [0.15, 0.2) is 28.8 Å². The van der Waals surface area contributed by atoms with Crippen LogP contribution in [-0.2, 0) is 10.0 Å². The smallest absolute Gasteiger partial charge is 0.261 e. The summed E-state index contributed by atoms with van der Waals surface area (Å²) in [6, 6.07) is 7.51. The van der Waals surface area contributed by atoms with Gasteiger partial charge in [0.05, 0.1) is 17.9 Å². The number of aromatic nitrogens is 2. The van der Waals surface area contributed by atoms with E-state index < -0.39 is 10.0 Å². The van der Waals surface area contributed by atoms with Crippen molar-refractivity contribution in [1.29, 1.82) is 0 Å². The number of sulfonamides is 1. The first-order valence-electron chi connectivity index (χ1n) is 8.64. The van der Waals surface area contributed by atoms with Crippen LogP contribution in [0.25, 0.3) is 11.5 Å². The third-order valence-electron chi connectivity index (χ3n) is 4.66. The van der Waals surface area contributed by atoms with Crippen LogP contribution >= 0.6 is 0 Å². The van der Waals surface area contributed by atoms with E-state index in [2.05, 4.69) is 10.1 Å². The van der Waals surface area contributed by atoms with Crippen LogP contribution in [0.5, 0.6) is 5.75 Å². The van der Waals surface area contributed by atoms with Crippen molar-refractivity contribution in [2.24, 2.45) is 0 Å². The molecule has 8 heteroatoms. The second-order valence-corrected chi connectivity index (χ2v) is 8.77. The molecule has 1 aliphatic heterocycles. The highest BCUT2D eigenvalue weighted by atomic mass is 32.2. The molecule has 1 aromatic carbocycles. The Morgan fingerprint density at radius 1 is 1.28 bits per heavy atom. The quantitative estimate of drug-likeness (QED) is 0.783. The van der Waals surface area contributed by atoms with E-state index in [-0.39, 0.29) is 11.9 Å². The average molecular weight is 363 g/mol. The van der Waals surface area contributed by atoms with Gasteiger partial charge in [-0.3, -0.25) is 0 Å². The summed E-state index contributed by atoms with van der Waals surface area (Å²) in [6.45, 7) is 2.53. The molecule has 0 amide bonds. The largest absolute Gasteiger partial charge is 0.488 e. The van der Waals surface area contributed by atoms with Crippen molar-refractivity contribution in [2.45, 2.75) is 38.2 Å². The number of ether oxygens (including phenoxy) is 1. The molecule has 1 aromatic heterocycles. The zero-order valence-corrected chi connectivity index (χ0v) is 14.9. The second-order valence-electron chi connectivity index (χ2n) is 6.52. The highest BCUT2D eigenvalue weighted by molar-refractivity contribution is 7.89. The van der Waals surface area contributed by atoms with E-state index in [9.17, 15) is 8.42 Å². The Hall–Kier alpha value is -1.93. The molecule has 1 saturated heterocycles. The maximum Gasteiger partial charge on any atom is 0.261 e. The van der Waals surface area contributed by atoms with Crippen molar-refractivity contribution in [3.05, 3.63) is 30.1 Å². The first kappa shape index (κ1) is 16.5. The predicted octanol–water partition coefficient (Wildman–Crippen LogP) is 2.42. The van der Waals surface area contributed by atoms with Crippen LogP contribution in [0.2, 0.25) is 0 Å². The SMILES string of the molecule is CCS(=O)(=O)N1CCC(Oc2ccccc2-c2nc(C3CC3)no2)C1. The molecule has 0 radical (unpaired) electrons. The summed E-state index contributed by atoms with van der Waals surface area (Å²) in [7, 11) is -3.17. The van der Waals surface area contributed by atoms with E-state index in [1.807, 2.05) is 24.3 Å². The zero-order valence-electron chi connectivity index (χ0n) is 14.1. The molecule has 0 N–H and O–H groups in total. The van der Waals surface area contributed by atoms with Gasteiger partial charge >= 0.3 is 0 Å². The molecular formula is C17H21N3O4S. The van der Waals surface area contributed by atoms with Crippen molar-refractivity contribution in [1.82, 2.24) is 14.4 Å². The van der Waals surface area contributed by atoms with E-state index in [0.29, 0.717) is 37.1 Å². The van der Waals surface area contributed by atoms with Gasteiger partial charge in [-0.05, 0) is 38.3 Å². The molecule has 1 atom stereocenters. The van der Waals surface area contributed by atoms with Crippen LogP contribution in [-0.4, -0.2) is 47.8 Å². The fourth-order valence-electron chi connectivity index (χ4n) is 3.01. The number of hydrogen-bond acceptors (Lipinski definition) is 6. The number of nitrogens with zero attached hydrogens (tertiary/aromatic N) is 3. The van der Waals surface area contributed by atoms with Crippen molar-refractivity contribution < 1.29 is 17.7 Å². The molecule has 1 unspecified atom stereocenters. The highest BCUT2D eigenvalue weighted by Crippen LogP contribution is 2.39. The average Bonchev–Trinajstić information content (AvgIpc) is 3.16. The van der Waals surface area contributed by atoms with Crippen molar-refractivity contribution >= 4 is 10.0 Å². The van der Waals surface area contributed by atoms with Crippen LogP contribution in [0, 0.1) is 0 Å². The summed E-state index contributed by atoms with van der Waals surface area (Å²) < 4.78 is 37.0. The first-order chi connectivity index (χ1) is 12.1. The van der Waals surface area contributed by atoms with Crippen LogP contribution in [0.1, 0.15) is 37.9 Å². The third-order valence-corrected chi connectivity index (χ3v) is 6.51. The molecule has 7 nitrogen and oxygen atoms in total. The molecule has 4 rings (SSSR count). The maximum atomic E-state index is 12.0. The molecular weight excluding hydrogens is 342 g/mol. The van der Waals surface area contributed by atoms with Gasteiger partial charge in [-0.15, -0.1) is 0 Å². The van der Waals surface area contributed by atoms with Crippen molar-refractivity contribution in [2.75, 3.05) is 18.8 Å². The fraction of sp³-hybridized carbons (Fsp3) is 0.529. The number of para-hydroxylation sites is 1. The van der Waals surface area contributed by atoms with Crippen LogP contribution in [0.4, 0.5) is 0 Å². The van der Waals surface area contributed by atoms with Crippen molar-refractivity contribution in [3.63, 3.8) is 0 Å². The van der Waals surface area contributed by atoms with Gasteiger partial charge in [-0.2, -0.15) is 9.29 Å². The Bertz CT molecular complexity index is 860. The van der Waals surface area contributed by atoms with Crippen LogP contribution < -0.4 is 4.74 Å². The Balaban J connectivity index is 1.51. The minimum atomic E-state index is -3.17. The first-order valence-corrected chi connectivity index (χ1v) is 10.2. The lowest BCUT2D eigenvalue weighted by Crippen LogP contribution is -2.32. The second kappa shape index (κ2) is 6.42. The minimum Gasteiger partial charge on any atom is -0.488 e. The Labute approximate surface area is 147 Å². The standard InChI is InChI=1S/C17H21N3O4S/c1-2-25(21,22)20-10-9-13(11-20)23-15-6-4-3-5-14(15)17-18-16(19-24-17)12-7-8-12/h3-6,12-13H,2,7-11H2,1H3. The number of benzene rings is 1. The lowest BCUT2D eigenvalue weighted by Gasteiger charge is -2.17. The zero-order chi connectivity index (χ0) is 17.4. The lowest BCUT2D eigenvalue weighted by molar-refractivity contribution is 0.216. The summed E-state index contributed by atoms with van der Waals surface area (Å²) in [5.74, 6) is 2.39. The molecule has 2 aliphatic rings. The molecule has 1 aliphatic carbocycles. The van der Waals surface area contributed by atoms with E-state index in [0.717, 1.165) is 24.2 Å². The van der Waals surface area contributed by atoms with Gasteiger partial charge in [0.1, 0.15) is 11.9 Å². The molecule has 0 spiro atoms. The monoisotopic (exact) mass is 363 g/mol. The molecule has 2 aromatic rings. The third kappa shape index (κ3) is 3.41. The lowest BCUT2D eigenvalue weighted by atomic mass is 10.2. The normalized spacial score (nSPS) is 21.6. The van der Waals surface area contributed by atoms with Gasteiger partial charge in [0.15, 0.2) is 5.82 Å². The summed E-state index contributed by atoms with van der Waals surface area (Å²) in [4.78, 5) is 4.48. The van der Waals surface area contributed by atoms with Gasteiger partial charge in [0, 0.05) is 12.5 Å². The molecule has 2 fully saturated rings. The Morgan fingerprint density at radius 3 is 2.84 bits per heavy atom. The summed E-state index contributed by atoms with van der Waals surface area (Å²) in [5.41, 5.74) is 0.749. The predicted molar refractivity (Wildman–Crippen MR) is 91.8 cm³/mol. The fourth-order valence-corrected chi connectivity index (χ4v) is 4.15. The summed E-state index contributed by atoms with van der Waals surface area (Å²) >= 11 is 0. The van der Waals surface area contributed by atoms with Gasteiger partial charge < -0.3 is 9.26 Å². The van der Waals surface area contributed by atoms with E-state index in [1.165, 1.54) is 4.31 Å². The number of rotatable bonds is 6. The van der Waals surface area contributed by atoms with Gasteiger partial charge in [0.25, 0.3) is 5.89 Å². The van der Waals surface area contributed by atoms with Crippen LogP contribution in [0.3, 0.4) is 0 Å². The van der Waals surface area contributed by atoms with E-state index >= 15 is 0 Å². The van der Waals surface area contributed by atoms with Crippen molar-refractivity contribution in [3.8, 4) is 17.2 Å². The van der Waals surface area contributed by atoms with E-state index in [1.54, 1.807) is 6.92 Å². The van der Waals surface area contributed by atoms with Gasteiger partial charge in [-0.1, -0.05) is 17.3 Å². The molecule has 1 saturated carbocycles. The molecule has 25 heavy (non-hydrogen) atoms.